The molecule has 0 saturated carbocycles. The molecule has 1 fully saturated rings. The first-order valence-corrected chi connectivity index (χ1v) is 11.1. The van der Waals surface area contributed by atoms with E-state index >= 15 is 0 Å². The highest BCUT2D eigenvalue weighted by atomic mass is 32.1. The summed E-state index contributed by atoms with van der Waals surface area (Å²) in [6.45, 7) is 2.87. The van der Waals surface area contributed by atoms with E-state index in [2.05, 4.69) is 33.9 Å². The fourth-order valence-electron chi connectivity index (χ4n) is 3.96. The largest absolute Gasteiger partial charge is 0.338 e. The van der Waals surface area contributed by atoms with E-state index in [0.29, 0.717) is 16.8 Å². The van der Waals surface area contributed by atoms with Crippen molar-refractivity contribution < 1.29 is 4.79 Å². The average Bonchev–Trinajstić information content (AvgIpc) is 3.38. The van der Waals surface area contributed by atoms with Gasteiger partial charge in [-0.1, -0.05) is 48.6 Å². The molecular formula is C22H26N4O2S. The van der Waals surface area contributed by atoms with Crippen LogP contribution >= 0.6 is 11.3 Å². The Bertz CT molecular complexity index is 1070. The van der Waals surface area contributed by atoms with Crippen molar-refractivity contribution in [1.82, 2.24) is 14.5 Å². The van der Waals surface area contributed by atoms with Gasteiger partial charge < -0.3 is 4.90 Å². The molecule has 0 spiro atoms. The van der Waals surface area contributed by atoms with Crippen LogP contribution in [0, 0.1) is 0 Å². The summed E-state index contributed by atoms with van der Waals surface area (Å²) in [5.74, 6) is 1.04. The Morgan fingerprint density at radius 3 is 2.76 bits per heavy atom. The van der Waals surface area contributed by atoms with E-state index in [4.69, 9.17) is 0 Å². The van der Waals surface area contributed by atoms with Gasteiger partial charge in [-0.25, -0.2) is 9.97 Å². The van der Waals surface area contributed by atoms with Crippen LogP contribution < -0.4 is 10.5 Å². The van der Waals surface area contributed by atoms with Crippen molar-refractivity contribution in [3.8, 4) is 0 Å². The summed E-state index contributed by atoms with van der Waals surface area (Å²) in [5, 5.41) is 0.744. The Morgan fingerprint density at radius 2 is 2.00 bits per heavy atom. The van der Waals surface area contributed by atoms with Gasteiger partial charge in [0.25, 0.3) is 5.56 Å². The van der Waals surface area contributed by atoms with Gasteiger partial charge in [0.2, 0.25) is 0 Å². The van der Waals surface area contributed by atoms with Crippen LogP contribution in [0.1, 0.15) is 44.0 Å². The number of nitrogens with zero attached hydrogens (tertiary/aromatic N) is 4. The summed E-state index contributed by atoms with van der Waals surface area (Å²) in [4.78, 5) is 37.7. The minimum absolute atomic E-state index is 0.105. The molecule has 0 radical (unpaired) electrons. The van der Waals surface area contributed by atoms with Crippen LogP contribution in [0.3, 0.4) is 0 Å². The number of carbonyl (C=O) groups excluding carboxylic acids is 1. The molecule has 3 heterocycles. The molecule has 7 heteroatoms. The number of aromatic nitrogens is 3. The molecule has 2 aromatic heterocycles. The molecule has 0 aliphatic carbocycles. The molecule has 0 unspecified atom stereocenters. The number of Topliss-reactive ketones (excluding diaryl/α,β-unsaturated/α-hetero) is 1. The second-order valence-electron chi connectivity index (χ2n) is 7.60. The zero-order chi connectivity index (χ0) is 20.4. The third-order valence-electron chi connectivity index (χ3n) is 5.57. The van der Waals surface area contributed by atoms with Gasteiger partial charge >= 0.3 is 0 Å². The van der Waals surface area contributed by atoms with Crippen LogP contribution in [0.2, 0.25) is 0 Å². The molecule has 29 heavy (non-hydrogen) atoms. The average molecular weight is 411 g/mol. The Hall–Kier alpha value is -2.54. The fourth-order valence-corrected chi connectivity index (χ4v) is 4.99. The maximum Gasteiger partial charge on any atom is 0.280 e. The standard InChI is InChI=1S/C22H26N4O2S/c1-3-8-18-23-20-19(21(28)25(18)2)24-22(29-20)26-14-7-11-16(26)17(27)13-12-15-9-5-4-6-10-15/h4-6,9-10,16H,3,7-8,11-14H2,1-2H3/t16-/m1/s1. The molecule has 0 amide bonds. The first-order chi connectivity index (χ1) is 14.1. The third kappa shape index (κ3) is 3.96. The molecule has 1 aliphatic heterocycles. The summed E-state index contributed by atoms with van der Waals surface area (Å²) in [5.41, 5.74) is 1.49. The maximum absolute atomic E-state index is 12.9. The van der Waals surface area contributed by atoms with Crippen LogP contribution in [0.5, 0.6) is 0 Å². The van der Waals surface area contributed by atoms with Crippen molar-refractivity contribution in [3.05, 3.63) is 52.1 Å². The van der Waals surface area contributed by atoms with E-state index in [1.807, 2.05) is 18.2 Å². The Kier molecular flexibility index (Phi) is 5.76. The smallest absolute Gasteiger partial charge is 0.280 e. The van der Waals surface area contributed by atoms with Gasteiger partial charge in [-0.3, -0.25) is 14.2 Å². The van der Waals surface area contributed by atoms with Gasteiger partial charge in [-0.05, 0) is 31.2 Å². The number of carbonyl (C=O) groups is 1. The van der Waals surface area contributed by atoms with Crippen molar-refractivity contribution >= 4 is 32.6 Å². The van der Waals surface area contributed by atoms with Crippen molar-refractivity contribution in [2.45, 2.75) is 51.5 Å². The van der Waals surface area contributed by atoms with Crippen LogP contribution in [0.25, 0.3) is 10.3 Å². The van der Waals surface area contributed by atoms with Gasteiger partial charge in [-0.2, -0.15) is 0 Å². The number of ketones is 1. The molecule has 1 atom stereocenters. The van der Waals surface area contributed by atoms with Crippen LogP contribution in [0.15, 0.2) is 35.1 Å². The summed E-state index contributed by atoms with van der Waals surface area (Å²) in [6, 6.07) is 9.96. The molecule has 1 aromatic carbocycles. The van der Waals surface area contributed by atoms with Crippen LogP contribution in [-0.4, -0.2) is 32.9 Å². The summed E-state index contributed by atoms with van der Waals surface area (Å²) in [6.07, 6.45) is 4.78. The monoisotopic (exact) mass is 410 g/mol. The van der Waals surface area contributed by atoms with Crippen molar-refractivity contribution in [2.75, 3.05) is 11.4 Å². The minimum Gasteiger partial charge on any atom is -0.338 e. The first kappa shape index (κ1) is 19.8. The van der Waals surface area contributed by atoms with Gasteiger partial charge in [-0.15, -0.1) is 0 Å². The third-order valence-corrected chi connectivity index (χ3v) is 6.56. The van der Waals surface area contributed by atoms with Gasteiger partial charge in [0.05, 0.1) is 6.04 Å². The number of anilines is 1. The SMILES string of the molecule is CCCc1nc2sc(N3CCC[C@@H]3C(=O)CCc3ccccc3)nc2c(=O)n1C. The second-order valence-corrected chi connectivity index (χ2v) is 8.55. The van der Waals surface area contributed by atoms with E-state index in [-0.39, 0.29) is 17.4 Å². The lowest BCUT2D eigenvalue weighted by atomic mass is 10.0. The number of fused-ring (bicyclic) bond motifs is 1. The zero-order valence-electron chi connectivity index (χ0n) is 16.9. The van der Waals surface area contributed by atoms with Gasteiger partial charge in [0, 0.05) is 26.4 Å². The van der Waals surface area contributed by atoms with E-state index in [9.17, 15) is 9.59 Å². The van der Waals surface area contributed by atoms with Crippen molar-refractivity contribution in [3.63, 3.8) is 0 Å². The second kappa shape index (κ2) is 8.45. The van der Waals surface area contributed by atoms with E-state index < -0.39 is 0 Å². The molecule has 6 nitrogen and oxygen atoms in total. The molecule has 1 saturated heterocycles. The fraction of sp³-hybridized carbons (Fsp3) is 0.455. The zero-order valence-corrected chi connectivity index (χ0v) is 17.7. The van der Waals surface area contributed by atoms with Gasteiger partial charge in [0.15, 0.2) is 21.3 Å². The topological polar surface area (TPSA) is 68.1 Å². The Balaban J connectivity index is 1.56. The summed E-state index contributed by atoms with van der Waals surface area (Å²) in [7, 11) is 1.75. The number of benzene rings is 1. The predicted molar refractivity (Wildman–Crippen MR) is 117 cm³/mol. The normalized spacial score (nSPS) is 16.6. The van der Waals surface area contributed by atoms with Crippen molar-refractivity contribution in [1.29, 1.82) is 0 Å². The highest BCUT2D eigenvalue weighted by molar-refractivity contribution is 7.21. The number of thiazole rings is 1. The molecule has 0 N–H and O–H groups in total. The Morgan fingerprint density at radius 1 is 1.21 bits per heavy atom. The summed E-state index contributed by atoms with van der Waals surface area (Å²) < 4.78 is 1.60. The lowest BCUT2D eigenvalue weighted by molar-refractivity contribution is -0.120. The van der Waals surface area contributed by atoms with E-state index in [1.165, 1.54) is 16.9 Å². The molecule has 152 valence electrons. The van der Waals surface area contributed by atoms with Gasteiger partial charge in [0.1, 0.15) is 5.82 Å². The number of rotatable bonds is 7. The van der Waals surface area contributed by atoms with Crippen LogP contribution in [-0.2, 0) is 24.7 Å². The number of hydrogen-bond acceptors (Lipinski definition) is 6. The highest BCUT2D eigenvalue weighted by Crippen LogP contribution is 2.32. The van der Waals surface area contributed by atoms with E-state index in [1.54, 1.807) is 11.6 Å². The minimum atomic E-state index is -0.154. The number of aryl methyl sites for hydroxylation is 2. The van der Waals surface area contributed by atoms with Crippen molar-refractivity contribution in [2.24, 2.45) is 7.05 Å². The van der Waals surface area contributed by atoms with E-state index in [0.717, 1.165) is 49.6 Å². The lowest BCUT2D eigenvalue weighted by Crippen LogP contribution is -2.36. The quantitative estimate of drug-likeness (QED) is 0.596. The molecule has 4 rings (SSSR count). The predicted octanol–water partition coefficient (Wildman–Crippen LogP) is 3.51. The maximum atomic E-state index is 12.9. The number of hydrogen-bond donors (Lipinski definition) is 0. The summed E-state index contributed by atoms with van der Waals surface area (Å²) >= 11 is 1.43. The molecule has 1 aliphatic rings. The highest BCUT2D eigenvalue weighted by Gasteiger charge is 2.32. The Labute approximate surface area is 174 Å². The van der Waals surface area contributed by atoms with Crippen LogP contribution in [0.4, 0.5) is 5.13 Å². The lowest BCUT2D eigenvalue weighted by Gasteiger charge is -2.22. The molecule has 3 aromatic rings. The molecular weight excluding hydrogens is 384 g/mol. The molecule has 0 bridgehead atoms. The first-order valence-electron chi connectivity index (χ1n) is 10.3.